The average Bonchev–Trinajstić information content (AvgIpc) is 2.18. The van der Waals surface area contributed by atoms with Gasteiger partial charge in [0, 0.05) is 12.7 Å². The summed E-state index contributed by atoms with van der Waals surface area (Å²) < 4.78 is 0. The Hall–Kier alpha value is -1.85. The first-order valence-electron chi connectivity index (χ1n) is 4.76. The van der Waals surface area contributed by atoms with Crippen LogP contribution in [0.25, 0.3) is 0 Å². The molecule has 0 radical (unpaired) electrons. The monoisotopic (exact) mass is 209 g/mol. The zero-order valence-corrected chi connectivity index (χ0v) is 8.82. The Labute approximate surface area is 88.3 Å². The Kier molecular flexibility index (Phi) is 3.84. The smallest absolute Gasteiger partial charge is 0.242 e. The van der Waals surface area contributed by atoms with Crippen molar-refractivity contribution < 1.29 is 4.79 Å². The summed E-state index contributed by atoms with van der Waals surface area (Å²) in [4.78, 5) is 19.1. The molecule has 1 aromatic rings. The first-order chi connectivity index (χ1) is 7.13. The molecule has 0 saturated carbocycles. The molecular formula is C9H15N5O. The lowest BCUT2D eigenvalue weighted by molar-refractivity contribution is -0.121. The molecule has 0 aromatic carbocycles. The molecule has 1 unspecified atom stereocenters. The minimum Gasteiger partial charge on any atom is -0.368 e. The van der Waals surface area contributed by atoms with E-state index in [9.17, 15) is 4.79 Å². The summed E-state index contributed by atoms with van der Waals surface area (Å²) in [6, 6.07) is 1.31. The summed E-state index contributed by atoms with van der Waals surface area (Å²) >= 11 is 0. The third-order valence-corrected chi connectivity index (χ3v) is 1.78. The van der Waals surface area contributed by atoms with Crippen molar-refractivity contribution in [1.82, 2.24) is 15.3 Å². The van der Waals surface area contributed by atoms with Crippen molar-refractivity contribution in [2.24, 2.45) is 0 Å². The predicted octanol–water partition coefficient (Wildman–Crippen LogP) is -0.00470. The van der Waals surface area contributed by atoms with Gasteiger partial charge in [0.2, 0.25) is 11.9 Å². The van der Waals surface area contributed by atoms with Crippen LogP contribution in [0.2, 0.25) is 0 Å². The Bertz CT molecular complexity index is 341. The molecule has 0 aliphatic carbocycles. The molecule has 1 atom stereocenters. The molecular weight excluding hydrogens is 194 g/mol. The van der Waals surface area contributed by atoms with Crippen molar-refractivity contribution in [3.05, 3.63) is 12.3 Å². The van der Waals surface area contributed by atoms with Crippen LogP contribution in [0.15, 0.2) is 12.3 Å². The van der Waals surface area contributed by atoms with E-state index in [4.69, 9.17) is 5.73 Å². The van der Waals surface area contributed by atoms with Gasteiger partial charge in [0.1, 0.15) is 11.9 Å². The SMILES string of the molecule is CCNC(=O)C(C)Nc1ccnc(N)n1. The van der Waals surface area contributed by atoms with Gasteiger partial charge >= 0.3 is 0 Å². The second kappa shape index (κ2) is 5.14. The molecule has 0 fully saturated rings. The van der Waals surface area contributed by atoms with E-state index < -0.39 is 0 Å². The number of nitrogens with one attached hydrogen (secondary N) is 2. The lowest BCUT2D eigenvalue weighted by Crippen LogP contribution is -2.37. The number of nitrogens with two attached hydrogens (primary N) is 1. The van der Waals surface area contributed by atoms with Gasteiger partial charge in [0.15, 0.2) is 0 Å². The highest BCUT2D eigenvalue weighted by atomic mass is 16.2. The largest absolute Gasteiger partial charge is 0.368 e. The summed E-state index contributed by atoms with van der Waals surface area (Å²) in [5.74, 6) is 0.652. The van der Waals surface area contributed by atoms with Crippen molar-refractivity contribution in [3.63, 3.8) is 0 Å². The van der Waals surface area contributed by atoms with Gasteiger partial charge in [-0.2, -0.15) is 4.98 Å². The van der Waals surface area contributed by atoms with Crippen LogP contribution in [0.3, 0.4) is 0 Å². The Morgan fingerprint density at radius 1 is 1.67 bits per heavy atom. The molecule has 4 N–H and O–H groups in total. The Morgan fingerprint density at radius 3 is 3.00 bits per heavy atom. The summed E-state index contributed by atoms with van der Waals surface area (Å²) in [7, 11) is 0. The van der Waals surface area contributed by atoms with Crippen molar-refractivity contribution in [2.45, 2.75) is 19.9 Å². The van der Waals surface area contributed by atoms with E-state index >= 15 is 0 Å². The fourth-order valence-electron chi connectivity index (χ4n) is 1.07. The number of carbonyl (C=O) groups is 1. The number of carbonyl (C=O) groups excluding carboxylic acids is 1. The van der Waals surface area contributed by atoms with E-state index in [1.165, 1.54) is 6.20 Å². The van der Waals surface area contributed by atoms with Crippen LogP contribution >= 0.6 is 0 Å². The fourth-order valence-corrected chi connectivity index (χ4v) is 1.07. The maximum Gasteiger partial charge on any atom is 0.242 e. The molecule has 1 rings (SSSR count). The molecule has 6 nitrogen and oxygen atoms in total. The summed E-state index contributed by atoms with van der Waals surface area (Å²) in [5.41, 5.74) is 5.41. The lowest BCUT2D eigenvalue weighted by atomic mass is 10.3. The number of hydrogen-bond donors (Lipinski definition) is 3. The van der Waals surface area contributed by atoms with Crippen LogP contribution in [0, 0.1) is 0 Å². The molecule has 0 aliphatic heterocycles. The first kappa shape index (κ1) is 11.2. The maximum absolute atomic E-state index is 11.4. The van der Waals surface area contributed by atoms with Crippen LogP contribution in [-0.4, -0.2) is 28.5 Å². The van der Waals surface area contributed by atoms with Crippen LogP contribution in [0.5, 0.6) is 0 Å². The number of amides is 1. The van der Waals surface area contributed by atoms with Crippen LogP contribution < -0.4 is 16.4 Å². The Balaban J connectivity index is 2.58. The van der Waals surface area contributed by atoms with E-state index in [1.807, 2.05) is 6.92 Å². The van der Waals surface area contributed by atoms with E-state index in [2.05, 4.69) is 20.6 Å². The molecule has 1 heterocycles. The van der Waals surface area contributed by atoms with Crippen molar-refractivity contribution >= 4 is 17.7 Å². The van der Waals surface area contributed by atoms with E-state index in [0.717, 1.165) is 0 Å². The summed E-state index contributed by atoms with van der Waals surface area (Å²) in [6.07, 6.45) is 1.54. The highest BCUT2D eigenvalue weighted by Crippen LogP contribution is 2.04. The van der Waals surface area contributed by atoms with Crippen molar-refractivity contribution in [2.75, 3.05) is 17.6 Å². The molecule has 0 aliphatic rings. The lowest BCUT2D eigenvalue weighted by Gasteiger charge is -2.13. The van der Waals surface area contributed by atoms with Gasteiger partial charge in [-0.15, -0.1) is 0 Å². The second-order valence-electron chi connectivity index (χ2n) is 3.06. The third kappa shape index (κ3) is 3.41. The number of rotatable bonds is 4. The van der Waals surface area contributed by atoms with Gasteiger partial charge < -0.3 is 16.4 Å². The second-order valence-corrected chi connectivity index (χ2v) is 3.06. The predicted molar refractivity (Wildman–Crippen MR) is 58.2 cm³/mol. The fraction of sp³-hybridized carbons (Fsp3) is 0.444. The summed E-state index contributed by atoms with van der Waals surface area (Å²) in [5, 5.41) is 5.63. The molecule has 0 saturated heterocycles. The van der Waals surface area contributed by atoms with E-state index in [1.54, 1.807) is 13.0 Å². The summed E-state index contributed by atoms with van der Waals surface area (Å²) in [6.45, 7) is 4.23. The van der Waals surface area contributed by atoms with E-state index in [-0.39, 0.29) is 17.9 Å². The minimum absolute atomic E-state index is 0.0744. The highest BCUT2D eigenvalue weighted by molar-refractivity contribution is 5.83. The normalized spacial score (nSPS) is 11.9. The van der Waals surface area contributed by atoms with Gasteiger partial charge in [0.05, 0.1) is 0 Å². The van der Waals surface area contributed by atoms with Gasteiger partial charge in [-0.25, -0.2) is 4.98 Å². The van der Waals surface area contributed by atoms with Crippen molar-refractivity contribution in [1.29, 1.82) is 0 Å². The van der Waals surface area contributed by atoms with Gasteiger partial charge in [-0.05, 0) is 19.9 Å². The number of likely N-dealkylation sites (N-methyl/N-ethyl adjacent to an activating group) is 1. The van der Waals surface area contributed by atoms with Gasteiger partial charge in [-0.3, -0.25) is 4.79 Å². The zero-order chi connectivity index (χ0) is 11.3. The molecule has 82 valence electrons. The molecule has 0 bridgehead atoms. The number of aromatic nitrogens is 2. The number of anilines is 2. The standard InChI is InChI=1S/C9H15N5O/c1-3-11-8(15)6(2)13-7-4-5-12-9(10)14-7/h4-6H,3H2,1-2H3,(H,11,15)(H3,10,12,13,14). The first-order valence-corrected chi connectivity index (χ1v) is 4.76. The highest BCUT2D eigenvalue weighted by Gasteiger charge is 2.11. The number of nitrogen functional groups attached to an aromatic ring is 1. The zero-order valence-electron chi connectivity index (χ0n) is 8.82. The van der Waals surface area contributed by atoms with E-state index in [0.29, 0.717) is 12.4 Å². The quantitative estimate of drug-likeness (QED) is 0.648. The molecule has 0 spiro atoms. The third-order valence-electron chi connectivity index (χ3n) is 1.78. The molecule has 1 amide bonds. The topological polar surface area (TPSA) is 92.9 Å². The molecule has 1 aromatic heterocycles. The van der Waals surface area contributed by atoms with Gasteiger partial charge in [-0.1, -0.05) is 0 Å². The molecule has 6 heteroatoms. The van der Waals surface area contributed by atoms with Gasteiger partial charge in [0.25, 0.3) is 0 Å². The van der Waals surface area contributed by atoms with Crippen LogP contribution in [0.1, 0.15) is 13.8 Å². The van der Waals surface area contributed by atoms with Crippen molar-refractivity contribution in [3.8, 4) is 0 Å². The Morgan fingerprint density at radius 2 is 2.40 bits per heavy atom. The number of hydrogen-bond acceptors (Lipinski definition) is 5. The number of nitrogens with zero attached hydrogens (tertiary/aromatic N) is 2. The maximum atomic E-state index is 11.4. The van der Waals surface area contributed by atoms with Crippen LogP contribution in [-0.2, 0) is 4.79 Å². The van der Waals surface area contributed by atoms with Crippen LogP contribution in [0.4, 0.5) is 11.8 Å². The minimum atomic E-state index is -0.348. The molecule has 15 heavy (non-hydrogen) atoms. The average molecular weight is 209 g/mol.